The molecule has 0 saturated heterocycles. The standard InChI is InChI=1S/C21H22N2O2S/c1-15(2)20(16-6-4-3-5-7-16)23-21(24)17-8-10-19(11-9-17)25-12-18-13-26-14-22-18/h3-11,13-15,20H,12H2,1-2H3,(H,23,24). The average molecular weight is 366 g/mol. The molecule has 1 aromatic heterocycles. The Bertz CT molecular complexity index is 815. The predicted octanol–water partition coefficient (Wildman–Crippen LogP) is 4.85. The van der Waals surface area contributed by atoms with E-state index in [1.54, 1.807) is 29.0 Å². The number of hydrogen-bond acceptors (Lipinski definition) is 4. The summed E-state index contributed by atoms with van der Waals surface area (Å²) >= 11 is 1.54. The maximum Gasteiger partial charge on any atom is 0.251 e. The van der Waals surface area contributed by atoms with Gasteiger partial charge >= 0.3 is 0 Å². The number of nitrogens with one attached hydrogen (secondary N) is 1. The zero-order valence-corrected chi connectivity index (χ0v) is 15.7. The van der Waals surface area contributed by atoms with Gasteiger partial charge in [0, 0.05) is 10.9 Å². The predicted molar refractivity (Wildman–Crippen MR) is 104 cm³/mol. The highest BCUT2D eigenvalue weighted by Gasteiger charge is 2.18. The summed E-state index contributed by atoms with van der Waals surface area (Å²) in [5.41, 5.74) is 4.41. The minimum atomic E-state index is -0.0846. The van der Waals surface area contributed by atoms with Gasteiger partial charge in [-0.25, -0.2) is 4.98 Å². The number of carbonyl (C=O) groups excluding carboxylic acids is 1. The molecule has 5 heteroatoms. The van der Waals surface area contributed by atoms with Crippen molar-refractivity contribution >= 4 is 17.2 Å². The fourth-order valence-electron chi connectivity index (χ4n) is 2.69. The lowest BCUT2D eigenvalue weighted by Crippen LogP contribution is -2.31. The minimum Gasteiger partial charge on any atom is -0.487 e. The molecule has 1 atom stereocenters. The monoisotopic (exact) mass is 366 g/mol. The number of aromatic nitrogens is 1. The van der Waals surface area contributed by atoms with Gasteiger partial charge in [-0.05, 0) is 35.7 Å². The zero-order chi connectivity index (χ0) is 18.4. The van der Waals surface area contributed by atoms with Crippen LogP contribution >= 0.6 is 11.3 Å². The molecule has 0 aliphatic heterocycles. The van der Waals surface area contributed by atoms with Crippen LogP contribution in [-0.4, -0.2) is 10.9 Å². The minimum absolute atomic E-state index is 0.0238. The Kier molecular flexibility index (Phi) is 6.02. The summed E-state index contributed by atoms with van der Waals surface area (Å²) in [6, 6.07) is 17.2. The first-order chi connectivity index (χ1) is 12.6. The summed E-state index contributed by atoms with van der Waals surface area (Å²) in [5.74, 6) is 0.929. The third kappa shape index (κ3) is 4.70. The first kappa shape index (κ1) is 18.1. The van der Waals surface area contributed by atoms with E-state index in [0.717, 1.165) is 17.0 Å². The van der Waals surface area contributed by atoms with Crippen molar-refractivity contribution in [3.63, 3.8) is 0 Å². The summed E-state index contributed by atoms with van der Waals surface area (Å²) in [5, 5.41) is 5.09. The summed E-state index contributed by atoms with van der Waals surface area (Å²) in [7, 11) is 0. The maximum atomic E-state index is 12.6. The van der Waals surface area contributed by atoms with Gasteiger partial charge in [-0.3, -0.25) is 4.79 Å². The first-order valence-corrected chi connectivity index (χ1v) is 9.53. The van der Waals surface area contributed by atoms with E-state index in [1.165, 1.54) is 0 Å². The normalized spacial score (nSPS) is 12.0. The lowest BCUT2D eigenvalue weighted by Gasteiger charge is -2.23. The van der Waals surface area contributed by atoms with Crippen LogP contribution in [0, 0.1) is 5.92 Å². The number of ether oxygens (including phenoxy) is 1. The first-order valence-electron chi connectivity index (χ1n) is 8.59. The number of carbonyl (C=O) groups is 1. The van der Waals surface area contributed by atoms with Crippen LogP contribution in [0.2, 0.25) is 0 Å². The van der Waals surface area contributed by atoms with E-state index in [2.05, 4.69) is 24.1 Å². The Labute approximate surface area is 157 Å². The fourth-order valence-corrected chi connectivity index (χ4v) is 3.23. The van der Waals surface area contributed by atoms with Gasteiger partial charge in [0.2, 0.25) is 0 Å². The molecule has 0 aliphatic rings. The quantitative estimate of drug-likeness (QED) is 0.650. The summed E-state index contributed by atoms with van der Waals surface area (Å²) in [4.78, 5) is 16.8. The number of amides is 1. The molecule has 0 aliphatic carbocycles. The van der Waals surface area contributed by atoms with E-state index in [0.29, 0.717) is 18.1 Å². The van der Waals surface area contributed by atoms with E-state index in [1.807, 2.05) is 47.8 Å². The van der Waals surface area contributed by atoms with Crippen molar-refractivity contribution in [1.29, 1.82) is 0 Å². The molecule has 0 bridgehead atoms. The van der Waals surface area contributed by atoms with Crippen molar-refractivity contribution < 1.29 is 9.53 Å². The van der Waals surface area contributed by atoms with E-state index >= 15 is 0 Å². The number of thiazole rings is 1. The van der Waals surface area contributed by atoms with Crippen LogP contribution in [0.15, 0.2) is 65.5 Å². The van der Waals surface area contributed by atoms with Crippen LogP contribution in [0.1, 0.15) is 41.5 Å². The van der Waals surface area contributed by atoms with Crippen LogP contribution in [-0.2, 0) is 6.61 Å². The number of rotatable bonds is 7. The third-order valence-electron chi connectivity index (χ3n) is 4.10. The molecule has 0 saturated carbocycles. The van der Waals surface area contributed by atoms with Gasteiger partial charge in [0.25, 0.3) is 5.91 Å². The van der Waals surface area contributed by atoms with Crippen LogP contribution in [0.4, 0.5) is 0 Å². The van der Waals surface area contributed by atoms with Gasteiger partial charge in [0.15, 0.2) is 0 Å². The Morgan fingerprint density at radius 2 is 1.85 bits per heavy atom. The summed E-state index contributed by atoms with van der Waals surface area (Å²) < 4.78 is 5.69. The molecule has 3 aromatic rings. The van der Waals surface area contributed by atoms with Crippen molar-refractivity contribution in [1.82, 2.24) is 10.3 Å². The van der Waals surface area contributed by atoms with Crippen molar-refractivity contribution in [3.8, 4) is 5.75 Å². The van der Waals surface area contributed by atoms with Crippen molar-refractivity contribution in [2.75, 3.05) is 0 Å². The fraction of sp³-hybridized carbons (Fsp3) is 0.238. The van der Waals surface area contributed by atoms with Crippen LogP contribution < -0.4 is 10.1 Å². The largest absolute Gasteiger partial charge is 0.487 e. The smallest absolute Gasteiger partial charge is 0.251 e. The second-order valence-corrected chi connectivity index (χ2v) is 7.12. The van der Waals surface area contributed by atoms with Gasteiger partial charge in [-0.2, -0.15) is 0 Å². The Morgan fingerprint density at radius 3 is 2.46 bits per heavy atom. The highest BCUT2D eigenvalue weighted by atomic mass is 32.1. The SMILES string of the molecule is CC(C)C(NC(=O)c1ccc(OCc2cscn2)cc1)c1ccccc1. The molecule has 4 nitrogen and oxygen atoms in total. The Morgan fingerprint density at radius 1 is 1.12 bits per heavy atom. The molecule has 1 unspecified atom stereocenters. The van der Waals surface area contributed by atoms with E-state index in [-0.39, 0.29) is 11.9 Å². The highest BCUT2D eigenvalue weighted by molar-refractivity contribution is 7.07. The van der Waals surface area contributed by atoms with Crippen molar-refractivity contribution in [3.05, 3.63) is 82.3 Å². The second kappa shape index (κ2) is 8.63. The number of benzene rings is 2. The molecule has 0 radical (unpaired) electrons. The molecular formula is C21H22N2O2S. The second-order valence-electron chi connectivity index (χ2n) is 6.40. The third-order valence-corrected chi connectivity index (χ3v) is 4.73. The molecule has 2 aromatic carbocycles. The van der Waals surface area contributed by atoms with Gasteiger partial charge in [0.1, 0.15) is 12.4 Å². The van der Waals surface area contributed by atoms with E-state index < -0.39 is 0 Å². The molecule has 3 rings (SSSR count). The lowest BCUT2D eigenvalue weighted by molar-refractivity contribution is 0.0925. The van der Waals surface area contributed by atoms with Crippen molar-refractivity contribution in [2.24, 2.45) is 5.92 Å². The molecule has 0 spiro atoms. The van der Waals surface area contributed by atoms with Gasteiger partial charge in [-0.15, -0.1) is 11.3 Å². The molecule has 1 N–H and O–H groups in total. The lowest BCUT2D eigenvalue weighted by atomic mass is 9.95. The Balaban J connectivity index is 1.63. The number of nitrogens with zero attached hydrogens (tertiary/aromatic N) is 1. The van der Waals surface area contributed by atoms with E-state index in [9.17, 15) is 4.79 Å². The maximum absolute atomic E-state index is 12.6. The highest BCUT2D eigenvalue weighted by Crippen LogP contribution is 2.22. The van der Waals surface area contributed by atoms with Gasteiger partial charge in [0.05, 0.1) is 17.2 Å². The van der Waals surface area contributed by atoms with Gasteiger partial charge in [-0.1, -0.05) is 44.2 Å². The van der Waals surface area contributed by atoms with E-state index in [4.69, 9.17) is 4.74 Å². The molecule has 134 valence electrons. The zero-order valence-electron chi connectivity index (χ0n) is 14.9. The molecule has 26 heavy (non-hydrogen) atoms. The summed E-state index contributed by atoms with van der Waals surface area (Å²) in [6.07, 6.45) is 0. The Hall–Kier alpha value is -2.66. The van der Waals surface area contributed by atoms with Crippen LogP contribution in [0.3, 0.4) is 0 Å². The summed E-state index contributed by atoms with van der Waals surface area (Å²) in [6.45, 7) is 4.64. The molecule has 0 fully saturated rings. The molecular weight excluding hydrogens is 344 g/mol. The number of hydrogen-bond donors (Lipinski definition) is 1. The molecule has 1 amide bonds. The topological polar surface area (TPSA) is 51.2 Å². The van der Waals surface area contributed by atoms with Crippen molar-refractivity contribution in [2.45, 2.75) is 26.5 Å². The average Bonchev–Trinajstić information content (AvgIpc) is 3.19. The van der Waals surface area contributed by atoms with Crippen LogP contribution in [0.5, 0.6) is 5.75 Å². The van der Waals surface area contributed by atoms with Crippen LogP contribution in [0.25, 0.3) is 0 Å². The van der Waals surface area contributed by atoms with Gasteiger partial charge < -0.3 is 10.1 Å². The molecule has 1 heterocycles.